The molecule has 26 valence electrons. The summed E-state index contributed by atoms with van der Waals surface area (Å²) in [6.07, 6.45) is 5.08. The van der Waals surface area contributed by atoms with Crippen molar-refractivity contribution >= 4 is 0 Å². The van der Waals surface area contributed by atoms with E-state index < -0.39 is 0 Å². The van der Waals surface area contributed by atoms with E-state index in [9.17, 15) is 0 Å². The summed E-state index contributed by atoms with van der Waals surface area (Å²) in [5, 5.41) is 0. The van der Waals surface area contributed by atoms with Crippen LogP contribution >= 0.6 is 0 Å². The van der Waals surface area contributed by atoms with Gasteiger partial charge in [-0.05, 0) is 0 Å². The third-order valence-electron chi connectivity index (χ3n) is 0.406. The molecule has 1 aromatic heterocycles. The minimum Gasteiger partial charge on any atom is -0.351 e. The van der Waals surface area contributed by atoms with Crippen molar-refractivity contribution in [3.63, 3.8) is 0 Å². The third-order valence-corrected chi connectivity index (χ3v) is 0.406. The van der Waals surface area contributed by atoms with E-state index in [0.717, 1.165) is 0 Å². The van der Waals surface area contributed by atoms with Crippen molar-refractivity contribution < 1.29 is 51.4 Å². The van der Waals surface area contributed by atoms with Crippen LogP contribution in [-0.2, 0) is 0 Å². The summed E-state index contributed by atoms with van der Waals surface area (Å²) in [5.41, 5.74) is 0. The summed E-state index contributed by atoms with van der Waals surface area (Å²) in [5.74, 6) is 0. The minimum atomic E-state index is 0. The van der Waals surface area contributed by atoms with Gasteiger partial charge >= 0.3 is 51.4 Å². The standard InChI is InChI=1S/C3H4N2.K/c1-2-5-3-4-1;/h1-3H,(H,4,5);/q;+1. The molecule has 6 heavy (non-hydrogen) atoms. The fourth-order valence-corrected chi connectivity index (χ4v) is 0.215. The van der Waals surface area contributed by atoms with Gasteiger partial charge in [-0.3, -0.25) is 0 Å². The molecule has 0 saturated carbocycles. The number of rotatable bonds is 0. The second-order valence-electron chi connectivity index (χ2n) is 0.761. The molecular weight excluding hydrogens is 103 g/mol. The SMILES string of the molecule is [K+].c1c[nH]cn1. The van der Waals surface area contributed by atoms with Crippen molar-refractivity contribution in [1.29, 1.82) is 0 Å². The van der Waals surface area contributed by atoms with Crippen LogP contribution in [-0.4, -0.2) is 9.97 Å². The molecule has 0 fully saturated rings. The molecule has 0 aliphatic heterocycles. The number of hydrogen-bond acceptors (Lipinski definition) is 1. The number of nitrogens with one attached hydrogen (secondary N) is 1. The molecule has 0 aliphatic carbocycles. The van der Waals surface area contributed by atoms with E-state index in [1.807, 2.05) is 0 Å². The van der Waals surface area contributed by atoms with E-state index in [1.165, 1.54) is 0 Å². The van der Waals surface area contributed by atoms with Crippen LogP contribution in [0.3, 0.4) is 0 Å². The Kier molecular flexibility index (Phi) is 4.58. The molecule has 0 unspecified atom stereocenters. The van der Waals surface area contributed by atoms with Gasteiger partial charge in [-0.25, -0.2) is 4.98 Å². The van der Waals surface area contributed by atoms with Crippen LogP contribution in [0, 0.1) is 0 Å². The fourth-order valence-electron chi connectivity index (χ4n) is 0.215. The van der Waals surface area contributed by atoms with Gasteiger partial charge in [-0.15, -0.1) is 0 Å². The van der Waals surface area contributed by atoms with E-state index in [1.54, 1.807) is 18.7 Å². The number of hydrogen-bond donors (Lipinski definition) is 1. The van der Waals surface area contributed by atoms with Crippen LogP contribution in [0.4, 0.5) is 0 Å². The Morgan fingerprint density at radius 3 is 2.50 bits per heavy atom. The maximum absolute atomic E-state index is 3.67. The van der Waals surface area contributed by atoms with Crippen LogP contribution in [0.5, 0.6) is 0 Å². The molecule has 0 aromatic carbocycles. The zero-order valence-electron chi connectivity index (χ0n) is 3.68. The molecular formula is C3H4KN2+. The molecule has 3 heteroatoms. The van der Waals surface area contributed by atoms with Crippen LogP contribution in [0.2, 0.25) is 0 Å². The van der Waals surface area contributed by atoms with Gasteiger partial charge in [0.2, 0.25) is 0 Å². The maximum Gasteiger partial charge on any atom is 1.00 e. The van der Waals surface area contributed by atoms with E-state index in [-0.39, 0.29) is 51.4 Å². The average Bonchev–Trinajstić information content (AvgIpc) is 1.76. The second kappa shape index (κ2) is 4.02. The maximum atomic E-state index is 3.67. The van der Waals surface area contributed by atoms with Crippen molar-refractivity contribution in [3.05, 3.63) is 18.7 Å². The van der Waals surface area contributed by atoms with E-state index in [2.05, 4.69) is 9.97 Å². The molecule has 0 atom stereocenters. The number of nitrogens with zero attached hydrogens (tertiary/aromatic N) is 1. The van der Waals surface area contributed by atoms with E-state index >= 15 is 0 Å². The average molecular weight is 107 g/mol. The molecule has 1 N–H and O–H groups in total. The van der Waals surface area contributed by atoms with Crippen molar-refractivity contribution in [1.82, 2.24) is 9.97 Å². The zero-order valence-corrected chi connectivity index (χ0v) is 6.80. The molecule has 1 heterocycles. The van der Waals surface area contributed by atoms with Crippen LogP contribution in [0.25, 0.3) is 0 Å². The molecule has 0 bridgehead atoms. The van der Waals surface area contributed by atoms with E-state index in [4.69, 9.17) is 0 Å². The molecule has 0 radical (unpaired) electrons. The van der Waals surface area contributed by atoms with Crippen molar-refractivity contribution in [3.8, 4) is 0 Å². The Labute approximate surface area is 78.8 Å². The summed E-state index contributed by atoms with van der Waals surface area (Å²) in [6.45, 7) is 0. The van der Waals surface area contributed by atoms with Gasteiger partial charge in [-0.2, -0.15) is 0 Å². The van der Waals surface area contributed by atoms with E-state index in [0.29, 0.717) is 0 Å². The Morgan fingerprint density at radius 2 is 2.33 bits per heavy atom. The van der Waals surface area contributed by atoms with Gasteiger partial charge in [0.1, 0.15) is 0 Å². The van der Waals surface area contributed by atoms with Gasteiger partial charge in [0.25, 0.3) is 0 Å². The largest absolute Gasteiger partial charge is 1.00 e. The number of aromatic nitrogens is 2. The zero-order chi connectivity index (χ0) is 3.54. The first-order valence-corrected chi connectivity index (χ1v) is 1.43. The van der Waals surface area contributed by atoms with Crippen molar-refractivity contribution in [2.24, 2.45) is 0 Å². The van der Waals surface area contributed by atoms with Gasteiger partial charge in [-0.1, -0.05) is 0 Å². The van der Waals surface area contributed by atoms with Crippen molar-refractivity contribution in [2.45, 2.75) is 0 Å². The summed E-state index contributed by atoms with van der Waals surface area (Å²) in [7, 11) is 0. The van der Waals surface area contributed by atoms with Gasteiger partial charge in [0.05, 0.1) is 6.33 Å². The van der Waals surface area contributed by atoms with Gasteiger partial charge < -0.3 is 4.98 Å². The number of aromatic amines is 1. The first-order valence-electron chi connectivity index (χ1n) is 1.43. The van der Waals surface area contributed by atoms with Crippen LogP contribution < -0.4 is 51.4 Å². The monoisotopic (exact) mass is 107 g/mol. The fraction of sp³-hybridized carbons (Fsp3) is 0. The number of imidazole rings is 1. The van der Waals surface area contributed by atoms with Crippen LogP contribution in [0.15, 0.2) is 18.7 Å². The Bertz CT molecular complexity index is 65.3. The summed E-state index contributed by atoms with van der Waals surface area (Å²) >= 11 is 0. The second-order valence-corrected chi connectivity index (χ2v) is 0.761. The minimum absolute atomic E-state index is 0. The third kappa shape index (κ3) is 2.10. The predicted molar refractivity (Wildman–Crippen MR) is 18.6 cm³/mol. The molecule has 0 aliphatic rings. The normalized spacial score (nSPS) is 6.67. The smallest absolute Gasteiger partial charge is 0.351 e. The van der Waals surface area contributed by atoms with Gasteiger partial charge in [0, 0.05) is 12.4 Å². The van der Waals surface area contributed by atoms with Crippen LogP contribution in [0.1, 0.15) is 0 Å². The molecule has 0 spiro atoms. The molecule has 2 nitrogen and oxygen atoms in total. The summed E-state index contributed by atoms with van der Waals surface area (Å²) < 4.78 is 0. The molecule has 0 amide bonds. The Morgan fingerprint density at radius 1 is 1.50 bits per heavy atom. The van der Waals surface area contributed by atoms with Gasteiger partial charge in [0.15, 0.2) is 0 Å². The first-order chi connectivity index (χ1) is 2.50. The Hall–Kier alpha value is 0.846. The predicted octanol–water partition coefficient (Wildman–Crippen LogP) is -2.59. The first kappa shape index (κ1) is 6.85. The Balaban J connectivity index is 0.000000250. The summed E-state index contributed by atoms with van der Waals surface area (Å²) in [6, 6.07) is 0. The topological polar surface area (TPSA) is 28.7 Å². The van der Waals surface area contributed by atoms with Crippen molar-refractivity contribution in [2.75, 3.05) is 0 Å². The molecule has 1 rings (SSSR count). The number of H-pyrrole nitrogens is 1. The summed E-state index contributed by atoms with van der Waals surface area (Å²) in [4.78, 5) is 6.42. The molecule has 1 aromatic rings. The quantitative estimate of drug-likeness (QED) is 0.362. The molecule has 0 saturated heterocycles.